The van der Waals surface area contributed by atoms with Gasteiger partial charge in [0, 0.05) is 0 Å². The lowest BCUT2D eigenvalue weighted by atomic mass is 10.1. The molecule has 0 saturated carbocycles. The molecule has 0 unspecified atom stereocenters. The van der Waals surface area contributed by atoms with Crippen molar-refractivity contribution in [3.8, 4) is 6.07 Å². The van der Waals surface area contributed by atoms with E-state index < -0.39 is 12.0 Å². The van der Waals surface area contributed by atoms with E-state index in [9.17, 15) is 8.78 Å². The molecule has 0 aliphatic heterocycles. The third-order valence-electron chi connectivity index (χ3n) is 1.51. The summed E-state index contributed by atoms with van der Waals surface area (Å²) < 4.78 is 24.6. The van der Waals surface area contributed by atoms with Crippen LogP contribution in [0.3, 0.4) is 0 Å². The summed E-state index contributed by atoms with van der Waals surface area (Å²) in [5, 5.41) is 8.44. The van der Waals surface area contributed by atoms with Gasteiger partial charge in [-0.15, -0.1) is 0 Å². The highest BCUT2D eigenvalue weighted by Gasteiger charge is 2.18. The van der Waals surface area contributed by atoms with Crippen LogP contribution in [0, 0.1) is 11.3 Å². The van der Waals surface area contributed by atoms with Gasteiger partial charge in [0.15, 0.2) is 5.69 Å². The maximum absolute atomic E-state index is 12.3. The number of anilines is 2. The molecule has 1 aromatic rings. The SMILES string of the molecule is N#Cc1ncc(N)c(C(F)F)c1N. The fraction of sp³-hybridized carbons (Fsp3) is 0.143. The molecule has 0 aliphatic carbocycles. The number of alkyl halides is 2. The van der Waals surface area contributed by atoms with Crippen molar-refractivity contribution >= 4 is 11.4 Å². The second kappa shape index (κ2) is 3.23. The second-order valence-corrected chi connectivity index (χ2v) is 2.30. The van der Waals surface area contributed by atoms with Crippen molar-refractivity contribution in [2.24, 2.45) is 0 Å². The number of nitrogens with zero attached hydrogens (tertiary/aromatic N) is 2. The highest BCUT2D eigenvalue weighted by Crippen LogP contribution is 2.31. The van der Waals surface area contributed by atoms with E-state index in [-0.39, 0.29) is 17.1 Å². The van der Waals surface area contributed by atoms with Crippen LogP contribution in [0.2, 0.25) is 0 Å². The summed E-state index contributed by atoms with van der Waals surface area (Å²) in [6.45, 7) is 0. The Morgan fingerprint density at radius 2 is 2.08 bits per heavy atom. The lowest BCUT2D eigenvalue weighted by Gasteiger charge is -2.07. The zero-order valence-corrected chi connectivity index (χ0v) is 6.46. The lowest BCUT2D eigenvalue weighted by molar-refractivity contribution is 0.153. The van der Waals surface area contributed by atoms with Crippen LogP contribution in [0.5, 0.6) is 0 Å². The van der Waals surface area contributed by atoms with Crippen molar-refractivity contribution in [3.05, 3.63) is 17.5 Å². The minimum atomic E-state index is -2.80. The van der Waals surface area contributed by atoms with Crippen LogP contribution in [0.25, 0.3) is 0 Å². The minimum Gasteiger partial charge on any atom is -0.397 e. The van der Waals surface area contributed by atoms with E-state index in [4.69, 9.17) is 16.7 Å². The molecule has 0 spiro atoms. The van der Waals surface area contributed by atoms with E-state index in [1.807, 2.05) is 0 Å². The average molecular weight is 184 g/mol. The van der Waals surface area contributed by atoms with Crippen molar-refractivity contribution in [1.82, 2.24) is 4.98 Å². The maximum Gasteiger partial charge on any atom is 0.267 e. The molecule has 0 radical (unpaired) electrons. The molecule has 0 bridgehead atoms. The number of nitrogen functional groups attached to an aromatic ring is 2. The van der Waals surface area contributed by atoms with Gasteiger partial charge in [-0.25, -0.2) is 13.8 Å². The van der Waals surface area contributed by atoms with Crippen LogP contribution in [-0.2, 0) is 0 Å². The molecule has 1 heterocycles. The Balaban J connectivity index is 3.41. The number of halogens is 2. The van der Waals surface area contributed by atoms with Gasteiger partial charge in [-0.3, -0.25) is 0 Å². The molecule has 13 heavy (non-hydrogen) atoms. The molecule has 68 valence electrons. The van der Waals surface area contributed by atoms with Crippen molar-refractivity contribution in [2.75, 3.05) is 11.5 Å². The first kappa shape index (κ1) is 9.19. The Bertz CT molecular complexity index is 369. The van der Waals surface area contributed by atoms with Gasteiger partial charge < -0.3 is 11.5 Å². The predicted molar refractivity (Wildman–Crippen MR) is 42.7 cm³/mol. The number of aromatic nitrogens is 1. The number of nitrogens with two attached hydrogens (primary N) is 2. The van der Waals surface area contributed by atoms with Gasteiger partial charge in [0.05, 0.1) is 23.1 Å². The predicted octanol–water partition coefficient (Wildman–Crippen LogP) is 1.06. The third-order valence-corrected chi connectivity index (χ3v) is 1.51. The molecule has 1 rings (SSSR count). The first-order valence-corrected chi connectivity index (χ1v) is 3.30. The topological polar surface area (TPSA) is 88.7 Å². The molecular formula is C7H6F2N4. The van der Waals surface area contributed by atoms with Gasteiger partial charge in [0.1, 0.15) is 6.07 Å². The minimum absolute atomic E-state index is 0.202. The monoisotopic (exact) mass is 184 g/mol. The van der Waals surface area contributed by atoms with Gasteiger partial charge in [0.2, 0.25) is 0 Å². The maximum atomic E-state index is 12.3. The summed E-state index contributed by atoms with van der Waals surface area (Å²) in [4.78, 5) is 3.49. The highest BCUT2D eigenvalue weighted by atomic mass is 19.3. The molecule has 6 heteroatoms. The Labute approximate surface area is 72.8 Å². The Morgan fingerprint density at radius 1 is 1.46 bits per heavy atom. The Hall–Kier alpha value is -1.90. The van der Waals surface area contributed by atoms with Gasteiger partial charge in [0.25, 0.3) is 6.43 Å². The summed E-state index contributed by atoms with van der Waals surface area (Å²) in [7, 11) is 0. The molecular weight excluding hydrogens is 178 g/mol. The van der Waals surface area contributed by atoms with Crippen LogP contribution in [0.4, 0.5) is 20.2 Å². The summed E-state index contributed by atoms with van der Waals surface area (Å²) in [6, 6.07) is 1.59. The van der Waals surface area contributed by atoms with Gasteiger partial charge in [-0.2, -0.15) is 5.26 Å². The molecule has 4 N–H and O–H groups in total. The standard InChI is InChI=1S/C7H6F2N4/c8-7(9)5-3(11)2-13-4(1-10)6(5)12/h2,7H,11-12H2. The summed E-state index contributed by atoms with van der Waals surface area (Å²) in [6.07, 6.45) is -1.80. The first-order valence-electron chi connectivity index (χ1n) is 3.30. The number of rotatable bonds is 1. The summed E-state index contributed by atoms with van der Waals surface area (Å²) in [5.41, 5.74) is 9.16. The van der Waals surface area contributed by atoms with E-state index in [2.05, 4.69) is 4.98 Å². The van der Waals surface area contributed by atoms with E-state index in [0.29, 0.717) is 0 Å². The van der Waals surface area contributed by atoms with Crippen LogP contribution in [0.1, 0.15) is 17.7 Å². The van der Waals surface area contributed by atoms with Crippen molar-refractivity contribution in [2.45, 2.75) is 6.43 Å². The third kappa shape index (κ3) is 1.49. The summed E-state index contributed by atoms with van der Waals surface area (Å²) in [5.74, 6) is 0. The zero-order chi connectivity index (χ0) is 10.0. The first-order chi connectivity index (χ1) is 6.07. The van der Waals surface area contributed by atoms with Gasteiger partial charge in [-0.05, 0) is 0 Å². The lowest BCUT2D eigenvalue weighted by Crippen LogP contribution is -2.05. The van der Waals surface area contributed by atoms with Crippen LogP contribution < -0.4 is 11.5 Å². The molecule has 0 aliphatic rings. The normalized spacial score (nSPS) is 10.0. The highest BCUT2D eigenvalue weighted by molar-refractivity contribution is 5.65. The number of pyridine rings is 1. The van der Waals surface area contributed by atoms with Crippen molar-refractivity contribution in [3.63, 3.8) is 0 Å². The number of hydrogen-bond donors (Lipinski definition) is 2. The molecule has 4 nitrogen and oxygen atoms in total. The molecule has 0 fully saturated rings. The number of hydrogen-bond acceptors (Lipinski definition) is 4. The van der Waals surface area contributed by atoms with Gasteiger partial charge in [-0.1, -0.05) is 0 Å². The van der Waals surface area contributed by atoms with Crippen LogP contribution in [-0.4, -0.2) is 4.98 Å². The van der Waals surface area contributed by atoms with Crippen LogP contribution >= 0.6 is 0 Å². The summed E-state index contributed by atoms with van der Waals surface area (Å²) >= 11 is 0. The quantitative estimate of drug-likeness (QED) is 0.682. The van der Waals surface area contributed by atoms with E-state index >= 15 is 0 Å². The van der Waals surface area contributed by atoms with E-state index in [0.717, 1.165) is 6.20 Å². The fourth-order valence-corrected chi connectivity index (χ4v) is 0.889. The molecule has 0 aromatic carbocycles. The molecule has 0 atom stereocenters. The second-order valence-electron chi connectivity index (χ2n) is 2.30. The molecule has 0 amide bonds. The smallest absolute Gasteiger partial charge is 0.267 e. The largest absolute Gasteiger partial charge is 0.397 e. The van der Waals surface area contributed by atoms with E-state index in [1.165, 1.54) is 0 Å². The Morgan fingerprint density at radius 3 is 2.54 bits per heavy atom. The fourth-order valence-electron chi connectivity index (χ4n) is 0.889. The molecule has 1 aromatic heterocycles. The average Bonchev–Trinajstić information content (AvgIpc) is 2.04. The molecule has 0 saturated heterocycles. The number of nitriles is 1. The van der Waals surface area contributed by atoms with Crippen LogP contribution in [0.15, 0.2) is 6.20 Å². The van der Waals surface area contributed by atoms with E-state index in [1.54, 1.807) is 6.07 Å². The Kier molecular flexibility index (Phi) is 2.28. The van der Waals surface area contributed by atoms with Gasteiger partial charge >= 0.3 is 0 Å². The van der Waals surface area contributed by atoms with Crippen molar-refractivity contribution in [1.29, 1.82) is 5.26 Å². The van der Waals surface area contributed by atoms with Crippen molar-refractivity contribution < 1.29 is 8.78 Å². The zero-order valence-electron chi connectivity index (χ0n) is 6.46.